The first-order chi connectivity index (χ1) is 27.9. The third-order valence-electron chi connectivity index (χ3n) is 11.1. The van der Waals surface area contributed by atoms with Crippen LogP contribution in [0.1, 0.15) is 24.0 Å². The van der Waals surface area contributed by atoms with Crippen LogP contribution in [0.25, 0.3) is 89.0 Å². The van der Waals surface area contributed by atoms with Crippen LogP contribution in [-0.2, 0) is 28.1 Å². The molecule has 7 aromatic carbocycles. The number of phenolic OH excluding ortho intramolecular Hbond substituents is 1. The molecule has 5 nitrogen and oxygen atoms in total. The van der Waals surface area contributed by atoms with Crippen molar-refractivity contribution in [3.63, 3.8) is 0 Å². The Morgan fingerprint density at radius 3 is 2.24 bits per heavy atom. The van der Waals surface area contributed by atoms with E-state index in [4.69, 9.17) is 14.4 Å². The number of imidazole rings is 1. The van der Waals surface area contributed by atoms with Crippen molar-refractivity contribution in [2.75, 3.05) is 0 Å². The summed E-state index contributed by atoms with van der Waals surface area (Å²) in [6.45, 7) is 2.22. The number of para-hydroxylation sites is 2. The molecule has 0 amide bonds. The molecule has 0 aliphatic carbocycles. The van der Waals surface area contributed by atoms with Gasteiger partial charge in [-0.2, -0.15) is 0 Å². The molecule has 0 fully saturated rings. The molecular formula is C51H35FN3O2Pt-. The van der Waals surface area contributed by atoms with Crippen molar-refractivity contribution < 1.29 is 35.0 Å². The van der Waals surface area contributed by atoms with E-state index in [0.29, 0.717) is 17.0 Å². The zero-order valence-electron chi connectivity index (χ0n) is 31.6. The molecule has 0 bridgehead atoms. The second-order valence-electron chi connectivity index (χ2n) is 14.5. The van der Waals surface area contributed by atoms with Crippen molar-refractivity contribution in [1.82, 2.24) is 14.5 Å². The molecule has 0 aliphatic heterocycles. The normalized spacial score (nSPS) is 11.9. The molecule has 3 aromatic heterocycles. The quantitative estimate of drug-likeness (QED) is 0.162. The van der Waals surface area contributed by atoms with Gasteiger partial charge in [-0.25, -0.2) is 9.37 Å². The van der Waals surface area contributed by atoms with Gasteiger partial charge in [0.05, 0.1) is 22.2 Å². The molecule has 10 aromatic rings. The largest absolute Gasteiger partial charge is 0.507 e. The molecule has 0 saturated carbocycles. The van der Waals surface area contributed by atoms with E-state index >= 15 is 0 Å². The number of fused-ring (bicyclic) bond motifs is 4. The van der Waals surface area contributed by atoms with E-state index in [2.05, 4.69) is 73.7 Å². The first kappa shape index (κ1) is 37.0. The summed E-state index contributed by atoms with van der Waals surface area (Å²) in [5.41, 5.74) is 13.2. The Kier molecular flexibility index (Phi) is 9.59. The number of nitrogens with zero attached hydrogens (tertiary/aromatic N) is 3. The molecule has 1 N–H and O–H groups in total. The minimum atomic E-state index is -0.281. The van der Waals surface area contributed by atoms with Crippen molar-refractivity contribution in [3.05, 3.63) is 187 Å². The van der Waals surface area contributed by atoms with Gasteiger partial charge in [-0.1, -0.05) is 133 Å². The number of hydrogen-bond acceptors (Lipinski definition) is 4. The smallest absolute Gasteiger partial charge is 0.143 e. The van der Waals surface area contributed by atoms with Crippen molar-refractivity contribution >= 4 is 33.0 Å². The minimum Gasteiger partial charge on any atom is -0.507 e. The fourth-order valence-electron chi connectivity index (χ4n) is 7.97. The van der Waals surface area contributed by atoms with Crippen LogP contribution in [0.4, 0.5) is 4.39 Å². The van der Waals surface area contributed by atoms with Crippen LogP contribution in [0.3, 0.4) is 0 Å². The second kappa shape index (κ2) is 15.0. The predicted molar refractivity (Wildman–Crippen MR) is 227 cm³/mol. The number of aryl methyl sites for hydroxylation is 1. The van der Waals surface area contributed by atoms with E-state index in [1.807, 2.05) is 78.3 Å². The number of rotatable bonds is 7. The molecule has 0 spiro atoms. The summed E-state index contributed by atoms with van der Waals surface area (Å²) >= 11 is 0. The zero-order valence-corrected chi connectivity index (χ0v) is 33.8. The van der Waals surface area contributed by atoms with Gasteiger partial charge in [0.15, 0.2) is 0 Å². The fourth-order valence-corrected chi connectivity index (χ4v) is 7.97. The third kappa shape index (κ3) is 6.50. The molecule has 284 valence electrons. The molecule has 1 atom stereocenters. The summed E-state index contributed by atoms with van der Waals surface area (Å²) in [6.07, 6.45) is 1.77. The number of hydrogen-bond donors (Lipinski definition) is 1. The van der Waals surface area contributed by atoms with Crippen LogP contribution in [0.2, 0.25) is 0 Å². The Bertz CT molecular complexity index is 3130. The molecule has 0 saturated heterocycles. The molecule has 3 heterocycles. The first-order valence-corrected chi connectivity index (χ1v) is 18.9. The molecule has 0 radical (unpaired) electrons. The van der Waals surface area contributed by atoms with E-state index in [9.17, 15) is 9.50 Å². The van der Waals surface area contributed by atoms with E-state index in [0.717, 1.165) is 72.0 Å². The number of halogens is 1. The Hall–Kier alpha value is -6.62. The maximum absolute atomic E-state index is 13.8. The SMILES string of the molecule is CC(c1ccccc1)c1cccc(-c2ccc(O)c(-c3nc4c(-c5[c-]c(-c6cc(-c7ccc(F)cc7)ccn6)cc6c5oc5ccccc56)cccc4n3C)c2)c1.[Pt]. The minimum absolute atomic E-state index is 0. The number of furan rings is 1. The van der Waals surface area contributed by atoms with Crippen molar-refractivity contribution in [3.8, 4) is 61.8 Å². The second-order valence-corrected chi connectivity index (χ2v) is 14.5. The van der Waals surface area contributed by atoms with Crippen LogP contribution in [-0.4, -0.2) is 19.6 Å². The summed E-state index contributed by atoms with van der Waals surface area (Å²) in [4.78, 5) is 10.0. The first-order valence-electron chi connectivity index (χ1n) is 18.9. The number of pyridine rings is 1. The van der Waals surface area contributed by atoms with Crippen molar-refractivity contribution in [1.29, 1.82) is 0 Å². The van der Waals surface area contributed by atoms with Crippen molar-refractivity contribution in [2.24, 2.45) is 7.05 Å². The van der Waals surface area contributed by atoms with Crippen LogP contribution >= 0.6 is 0 Å². The molecular weight excluding hydrogens is 901 g/mol. The monoisotopic (exact) mass is 935 g/mol. The van der Waals surface area contributed by atoms with Crippen LogP contribution in [0.5, 0.6) is 5.75 Å². The summed E-state index contributed by atoms with van der Waals surface area (Å²) in [6, 6.07) is 55.1. The summed E-state index contributed by atoms with van der Waals surface area (Å²) in [7, 11) is 1.98. The Morgan fingerprint density at radius 2 is 1.40 bits per heavy atom. The molecule has 58 heavy (non-hydrogen) atoms. The summed E-state index contributed by atoms with van der Waals surface area (Å²) < 4.78 is 22.4. The third-order valence-corrected chi connectivity index (χ3v) is 11.1. The van der Waals surface area contributed by atoms with Gasteiger partial charge in [-0.3, -0.25) is 4.98 Å². The number of benzene rings is 7. The number of aromatic nitrogens is 3. The predicted octanol–water partition coefficient (Wildman–Crippen LogP) is 13.0. The van der Waals surface area contributed by atoms with E-state index in [1.54, 1.807) is 24.4 Å². The van der Waals surface area contributed by atoms with E-state index in [1.165, 1.54) is 23.3 Å². The Morgan fingerprint density at radius 1 is 0.672 bits per heavy atom. The van der Waals surface area contributed by atoms with Crippen LogP contribution in [0, 0.1) is 11.9 Å². The number of phenols is 1. The van der Waals surface area contributed by atoms with Crippen molar-refractivity contribution in [2.45, 2.75) is 12.8 Å². The topological polar surface area (TPSA) is 64.1 Å². The molecule has 0 aliphatic rings. The zero-order chi connectivity index (χ0) is 38.6. The van der Waals surface area contributed by atoms with Gasteiger partial charge >= 0.3 is 0 Å². The van der Waals surface area contributed by atoms with E-state index in [-0.39, 0.29) is 38.5 Å². The van der Waals surface area contributed by atoms with Crippen LogP contribution < -0.4 is 0 Å². The van der Waals surface area contributed by atoms with Gasteiger partial charge in [0, 0.05) is 51.3 Å². The Labute approximate surface area is 349 Å². The summed E-state index contributed by atoms with van der Waals surface area (Å²) in [5.74, 6) is 0.727. The van der Waals surface area contributed by atoms with E-state index < -0.39 is 0 Å². The van der Waals surface area contributed by atoms with Gasteiger partial charge in [0.1, 0.15) is 23.0 Å². The van der Waals surface area contributed by atoms with Gasteiger partial charge in [-0.05, 0) is 81.2 Å². The average Bonchev–Trinajstić information content (AvgIpc) is 3.81. The van der Waals surface area contributed by atoms with Gasteiger partial charge < -0.3 is 14.1 Å². The molecule has 7 heteroatoms. The average molecular weight is 936 g/mol. The fraction of sp³-hybridized carbons (Fsp3) is 0.0588. The number of aromatic hydroxyl groups is 1. The molecule has 1 unspecified atom stereocenters. The molecule has 10 rings (SSSR count). The van der Waals surface area contributed by atoms with Gasteiger partial charge in [-0.15, -0.1) is 12.1 Å². The summed E-state index contributed by atoms with van der Waals surface area (Å²) in [5, 5.41) is 13.3. The van der Waals surface area contributed by atoms with Gasteiger partial charge in [0.25, 0.3) is 0 Å². The Balaban J connectivity index is 0.00000436. The standard InChI is InChI=1S/C51H35FN3O2.Pt/c1-31(32-10-4-3-5-11-32)34-12-8-13-35(26-34)36-20-23-47(56)44(27-36)51-54-49-41(15-9-16-46(49)55(51)2)43-29-38(28-42-40-14-6-7-17-48(40)57-50(42)43)45-30-37(24-25-53-45)33-18-21-39(52)22-19-33;/h3-28,30-31,56H,1-2H3;/q-1;. The van der Waals surface area contributed by atoms with Gasteiger partial charge in [0.2, 0.25) is 0 Å². The maximum atomic E-state index is 13.8. The maximum Gasteiger partial charge on any atom is 0.143 e. The van der Waals surface area contributed by atoms with Crippen LogP contribution in [0.15, 0.2) is 168 Å².